The summed E-state index contributed by atoms with van der Waals surface area (Å²) in [4.78, 5) is 2.33. The molecule has 0 aromatic carbocycles. The van der Waals surface area contributed by atoms with Crippen LogP contribution >= 0.6 is 0 Å². The highest BCUT2D eigenvalue weighted by Crippen LogP contribution is 2.26. The molecule has 4 heteroatoms. The molecule has 90 valence electrons. The van der Waals surface area contributed by atoms with E-state index in [0.29, 0.717) is 6.54 Å². The van der Waals surface area contributed by atoms with Crippen molar-refractivity contribution in [1.29, 1.82) is 0 Å². The summed E-state index contributed by atoms with van der Waals surface area (Å²) in [5, 5.41) is 4.68. The first-order chi connectivity index (χ1) is 7.43. The van der Waals surface area contributed by atoms with Gasteiger partial charge in [-0.15, -0.1) is 0 Å². The van der Waals surface area contributed by atoms with Gasteiger partial charge < -0.3 is 10.6 Å². The van der Waals surface area contributed by atoms with Gasteiger partial charge in [0.15, 0.2) is 0 Å². The van der Waals surface area contributed by atoms with Gasteiger partial charge in [0.2, 0.25) is 0 Å². The molecule has 0 amide bonds. The average molecular weight is 222 g/mol. The first-order valence-corrected chi connectivity index (χ1v) is 5.92. The minimum atomic E-state index is 0.0490. The molecule has 0 spiro atoms. The van der Waals surface area contributed by atoms with Crippen LogP contribution in [0.4, 0.5) is 0 Å². The largest absolute Gasteiger partial charge is 0.325 e. The molecule has 0 fully saturated rings. The Morgan fingerprint density at radius 3 is 2.62 bits per heavy atom. The first kappa shape index (κ1) is 11.6. The zero-order valence-electron chi connectivity index (χ0n) is 10.7. The number of rotatable bonds is 1. The third-order valence-corrected chi connectivity index (χ3v) is 3.16. The van der Waals surface area contributed by atoms with Gasteiger partial charge in [-0.2, -0.15) is 5.10 Å². The zero-order valence-corrected chi connectivity index (χ0v) is 10.7. The highest BCUT2D eigenvalue weighted by Gasteiger charge is 2.27. The Bertz CT molecular complexity index is 386. The van der Waals surface area contributed by atoms with Gasteiger partial charge in [0.25, 0.3) is 0 Å². The molecule has 0 saturated heterocycles. The minimum Gasteiger partial charge on any atom is -0.325 e. The molecule has 1 aliphatic rings. The number of fused-ring (bicyclic) bond motifs is 1. The van der Waals surface area contributed by atoms with Crippen LogP contribution in [0.5, 0.6) is 0 Å². The molecule has 1 aromatic heterocycles. The molecule has 0 atom stereocenters. The summed E-state index contributed by atoms with van der Waals surface area (Å²) in [5.41, 5.74) is 9.63. The van der Waals surface area contributed by atoms with Crippen molar-refractivity contribution in [3.63, 3.8) is 0 Å². The van der Waals surface area contributed by atoms with Crippen LogP contribution < -0.4 is 5.73 Å². The standard InChI is InChI=1S/C12H22N4/c1-12(2,3)16-11-5-6-15(4)8-9(11)10(7-13)14-16/h5-8,13H2,1-4H3. The average Bonchev–Trinajstić information content (AvgIpc) is 2.55. The Morgan fingerprint density at radius 2 is 2.06 bits per heavy atom. The van der Waals surface area contributed by atoms with E-state index >= 15 is 0 Å². The Labute approximate surface area is 97.4 Å². The molecule has 16 heavy (non-hydrogen) atoms. The molecule has 4 nitrogen and oxygen atoms in total. The minimum absolute atomic E-state index is 0.0490. The van der Waals surface area contributed by atoms with Crippen molar-refractivity contribution >= 4 is 0 Å². The van der Waals surface area contributed by atoms with Crippen LogP contribution in [-0.2, 0) is 25.0 Å². The number of nitrogens with two attached hydrogens (primary N) is 1. The fraction of sp³-hybridized carbons (Fsp3) is 0.750. The SMILES string of the molecule is CN1CCc2c(c(CN)nn2C(C)(C)C)C1. The van der Waals surface area contributed by atoms with Crippen LogP contribution in [-0.4, -0.2) is 28.3 Å². The fourth-order valence-corrected chi connectivity index (χ4v) is 2.34. The molecule has 0 saturated carbocycles. The normalized spacial score (nSPS) is 17.6. The van der Waals surface area contributed by atoms with E-state index in [0.717, 1.165) is 25.2 Å². The Kier molecular flexibility index (Phi) is 2.80. The highest BCUT2D eigenvalue weighted by atomic mass is 15.3. The first-order valence-electron chi connectivity index (χ1n) is 5.92. The third-order valence-electron chi connectivity index (χ3n) is 3.16. The fourth-order valence-electron chi connectivity index (χ4n) is 2.34. The third kappa shape index (κ3) is 1.87. The summed E-state index contributed by atoms with van der Waals surface area (Å²) in [6.07, 6.45) is 1.08. The summed E-state index contributed by atoms with van der Waals surface area (Å²) in [7, 11) is 2.15. The lowest BCUT2D eigenvalue weighted by Crippen LogP contribution is -2.31. The molecule has 0 radical (unpaired) electrons. The van der Waals surface area contributed by atoms with Gasteiger partial charge in [-0.25, -0.2) is 0 Å². The highest BCUT2D eigenvalue weighted by molar-refractivity contribution is 5.29. The Morgan fingerprint density at radius 1 is 1.38 bits per heavy atom. The van der Waals surface area contributed by atoms with E-state index in [-0.39, 0.29) is 5.54 Å². The van der Waals surface area contributed by atoms with Gasteiger partial charge in [0.1, 0.15) is 0 Å². The molecule has 2 N–H and O–H groups in total. The topological polar surface area (TPSA) is 47.1 Å². The van der Waals surface area contributed by atoms with Gasteiger partial charge in [0, 0.05) is 37.3 Å². The van der Waals surface area contributed by atoms with Crippen molar-refractivity contribution in [1.82, 2.24) is 14.7 Å². The maximum absolute atomic E-state index is 5.78. The molecule has 0 aliphatic carbocycles. The van der Waals surface area contributed by atoms with Crippen LogP contribution in [0.2, 0.25) is 0 Å². The Hall–Kier alpha value is -0.870. The predicted octanol–water partition coefficient (Wildman–Crippen LogP) is 1.08. The molecular weight excluding hydrogens is 200 g/mol. The summed E-state index contributed by atoms with van der Waals surface area (Å²) in [6, 6.07) is 0. The van der Waals surface area contributed by atoms with Crippen LogP contribution in [0.25, 0.3) is 0 Å². The van der Waals surface area contributed by atoms with Crippen molar-refractivity contribution < 1.29 is 0 Å². The van der Waals surface area contributed by atoms with Gasteiger partial charge in [-0.3, -0.25) is 4.68 Å². The van der Waals surface area contributed by atoms with Crippen LogP contribution in [0.3, 0.4) is 0 Å². The van der Waals surface area contributed by atoms with Crippen molar-refractivity contribution in [3.8, 4) is 0 Å². The molecule has 2 rings (SSSR count). The van der Waals surface area contributed by atoms with E-state index in [1.54, 1.807) is 0 Å². The number of aromatic nitrogens is 2. The van der Waals surface area contributed by atoms with Crippen molar-refractivity contribution in [2.45, 2.75) is 45.8 Å². The van der Waals surface area contributed by atoms with E-state index in [1.807, 2.05) is 0 Å². The van der Waals surface area contributed by atoms with Crippen molar-refractivity contribution in [2.24, 2.45) is 5.73 Å². The summed E-state index contributed by atoms with van der Waals surface area (Å²) in [5.74, 6) is 0. The second-order valence-electron chi connectivity index (χ2n) is 5.65. The number of hydrogen-bond donors (Lipinski definition) is 1. The summed E-state index contributed by atoms with van der Waals surface area (Å²) < 4.78 is 2.16. The van der Waals surface area contributed by atoms with Crippen LogP contribution in [0, 0.1) is 0 Å². The van der Waals surface area contributed by atoms with E-state index in [9.17, 15) is 0 Å². The van der Waals surface area contributed by atoms with E-state index < -0.39 is 0 Å². The second kappa shape index (κ2) is 3.86. The molecular formula is C12H22N4. The van der Waals surface area contributed by atoms with E-state index in [2.05, 4.69) is 42.5 Å². The van der Waals surface area contributed by atoms with Crippen LogP contribution in [0.15, 0.2) is 0 Å². The lowest BCUT2D eigenvalue weighted by Gasteiger charge is -2.27. The monoisotopic (exact) mass is 222 g/mol. The van der Waals surface area contributed by atoms with E-state index in [1.165, 1.54) is 11.3 Å². The molecule has 0 bridgehead atoms. The van der Waals surface area contributed by atoms with Gasteiger partial charge in [-0.1, -0.05) is 0 Å². The van der Waals surface area contributed by atoms with Gasteiger partial charge in [-0.05, 0) is 27.8 Å². The lowest BCUT2D eigenvalue weighted by atomic mass is 10.0. The predicted molar refractivity (Wildman–Crippen MR) is 65.2 cm³/mol. The number of nitrogens with zero attached hydrogens (tertiary/aromatic N) is 3. The quantitative estimate of drug-likeness (QED) is 0.773. The molecule has 0 unspecified atom stereocenters. The van der Waals surface area contributed by atoms with Crippen molar-refractivity contribution in [2.75, 3.05) is 13.6 Å². The maximum atomic E-state index is 5.78. The second-order valence-corrected chi connectivity index (χ2v) is 5.65. The number of likely N-dealkylation sites (N-methyl/N-ethyl adjacent to an activating group) is 1. The zero-order chi connectivity index (χ0) is 11.9. The number of hydrogen-bond acceptors (Lipinski definition) is 3. The molecule has 2 heterocycles. The Balaban J connectivity index is 2.50. The van der Waals surface area contributed by atoms with E-state index in [4.69, 9.17) is 5.73 Å². The molecule has 1 aromatic rings. The smallest absolute Gasteiger partial charge is 0.0808 e. The molecule has 1 aliphatic heterocycles. The maximum Gasteiger partial charge on any atom is 0.0808 e. The van der Waals surface area contributed by atoms with Gasteiger partial charge in [0.05, 0.1) is 11.2 Å². The van der Waals surface area contributed by atoms with Crippen LogP contribution in [0.1, 0.15) is 37.7 Å². The van der Waals surface area contributed by atoms with Crippen molar-refractivity contribution in [3.05, 3.63) is 17.0 Å². The summed E-state index contributed by atoms with van der Waals surface area (Å²) >= 11 is 0. The lowest BCUT2D eigenvalue weighted by molar-refractivity contribution is 0.288. The summed E-state index contributed by atoms with van der Waals surface area (Å²) in [6.45, 7) is 9.21. The van der Waals surface area contributed by atoms with Gasteiger partial charge >= 0.3 is 0 Å².